The fourth-order valence-electron chi connectivity index (χ4n) is 1.22. The van der Waals surface area contributed by atoms with Crippen LogP contribution in [0.15, 0.2) is 0 Å². The summed E-state index contributed by atoms with van der Waals surface area (Å²) in [4.78, 5) is 33.2. The first kappa shape index (κ1) is 12.5. The van der Waals surface area contributed by atoms with Crippen LogP contribution in [0.4, 0.5) is 0 Å². The summed E-state index contributed by atoms with van der Waals surface area (Å²) in [6.07, 6.45) is 1.25. The van der Waals surface area contributed by atoms with E-state index in [9.17, 15) is 14.4 Å². The minimum atomic E-state index is -1.22. The van der Waals surface area contributed by atoms with Crippen LogP contribution in [0.1, 0.15) is 26.2 Å². The third-order valence-electron chi connectivity index (χ3n) is 2.24. The molecule has 0 bridgehead atoms. The number of ether oxygens (including phenoxy) is 1. The van der Waals surface area contributed by atoms with Crippen molar-refractivity contribution in [2.45, 2.75) is 32.2 Å². The van der Waals surface area contributed by atoms with Gasteiger partial charge in [-0.25, -0.2) is 4.79 Å². The topological polar surface area (TPSA) is 92.7 Å². The number of carbonyl (C=O) groups is 3. The van der Waals surface area contributed by atoms with Crippen LogP contribution in [0, 0.1) is 5.92 Å². The van der Waals surface area contributed by atoms with Gasteiger partial charge in [0.05, 0.1) is 13.0 Å². The number of esters is 1. The van der Waals surface area contributed by atoms with Gasteiger partial charge in [0, 0.05) is 5.92 Å². The Hall–Kier alpha value is -1.59. The van der Waals surface area contributed by atoms with E-state index >= 15 is 0 Å². The van der Waals surface area contributed by atoms with Gasteiger partial charge in [-0.05, 0) is 19.8 Å². The maximum atomic E-state index is 11.3. The first-order chi connectivity index (χ1) is 7.54. The Balaban J connectivity index is 2.43. The van der Waals surface area contributed by atoms with Crippen molar-refractivity contribution >= 4 is 17.8 Å². The molecule has 16 heavy (non-hydrogen) atoms. The van der Waals surface area contributed by atoms with Crippen molar-refractivity contribution in [1.82, 2.24) is 5.32 Å². The van der Waals surface area contributed by atoms with Gasteiger partial charge in [0.15, 0.2) is 0 Å². The van der Waals surface area contributed by atoms with E-state index in [1.165, 1.54) is 0 Å². The third-order valence-corrected chi connectivity index (χ3v) is 2.24. The molecule has 1 atom stereocenters. The molecule has 0 aromatic rings. The lowest BCUT2D eigenvalue weighted by molar-refractivity contribution is -0.150. The highest BCUT2D eigenvalue weighted by Crippen LogP contribution is 2.28. The van der Waals surface area contributed by atoms with Crippen molar-refractivity contribution in [2.24, 2.45) is 5.92 Å². The smallest absolute Gasteiger partial charge is 0.326 e. The molecule has 0 saturated heterocycles. The zero-order valence-corrected chi connectivity index (χ0v) is 9.06. The fraction of sp³-hybridized carbons (Fsp3) is 0.700. The van der Waals surface area contributed by atoms with Gasteiger partial charge >= 0.3 is 11.9 Å². The van der Waals surface area contributed by atoms with Crippen LogP contribution in [-0.2, 0) is 19.1 Å². The number of carboxylic acid groups (broad SMARTS) is 1. The van der Waals surface area contributed by atoms with E-state index in [4.69, 9.17) is 5.11 Å². The number of nitrogens with one attached hydrogen (secondary N) is 1. The maximum Gasteiger partial charge on any atom is 0.326 e. The second-order valence-electron chi connectivity index (χ2n) is 3.68. The number of carboxylic acids is 1. The molecule has 1 rings (SSSR count). The second kappa shape index (κ2) is 5.48. The lowest BCUT2D eigenvalue weighted by atomic mass is 10.2. The standard InChI is InChI=1S/C10H15NO5/c1-2-16-8(12)5-7(10(14)15)11-9(13)6-3-4-6/h6-7H,2-5H2,1H3,(H,11,13)(H,14,15)/t7-/m0/s1. The van der Waals surface area contributed by atoms with Gasteiger partial charge in [0.2, 0.25) is 5.91 Å². The highest BCUT2D eigenvalue weighted by molar-refractivity contribution is 5.88. The van der Waals surface area contributed by atoms with Crippen molar-refractivity contribution in [1.29, 1.82) is 0 Å². The summed E-state index contributed by atoms with van der Waals surface area (Å²) in [5.41, 5.74) is 0. The molecular formula is C10H15NO5. The van der Waals surface area contributed by atoms with Gasteiger partial charge in [0.1, 0.15) is 6.04 Å². The van der Waals surface area contributed by atoms with Gasteiger partial charge in [-0.15, -0.1) is 0 Å². The molecule has 90 valence electrons. The molecule has 1 amide bonds. The molecule has 0 unspecified atom stereocenters. The van der Waals surface area contributed by atoms with Gasteiger partial charge in [-0.1, -0.05) is 0 Å². The first-order valence-electron chi connectivity index (χ1n) is 5.23. The molecule has 2 N–H and O–H groups in total. The minimum absolute atomic E-state index is 0.0796. The zero-order chi connectivity index (χ0) is 12.1. The molecule has 1 fully saturated rings. The monoisotopic (exact) mass is 229 g/mol. The maximum absolute atomic E-state index is 11.3. The number of rotatable bonds is 6. The molecule has 6 nitrogen and oxygen atoms in total. The summed E-state index contributed by atoms with van der Waals surface area (Å²) >= 11 is 0. The molecule has 0 heterocycles. The first-order valence-corrected chi connectivity index (χ1v) is 5.23. The molecule has 1 aliphatic carbocycles. The second-order valence-corrected chi connectivity index (χ2v) is 3.68. The van der Waals surface area contributed by atoms with E-state index in [-0.39, 0.29) is 24.9 Å². The molecule has 0 aromatic heterocycles. The van der Waals surface area contributed by atoms with Crippen LogP contribution in [0.2, 0.25) is 0 Å². The number of amides is 1. The Morgan fingerprint density at radius 3 is 2.50 bits per heavy atom. The summed E-state index contributed by atoms with van der Waals surface area (Å²) in [5, 5.41) is 11.1. The molecule has 0 aromatic carbocycles. The van der Waals surface area contributed by atoms with Gasteiger partial charge in [0.25, 0.3) is 0 Å². The molecule has 1 aliphatic rings. The van der Waals surface area contributed by atoms with Crippen molar-refractivity contribution in [2.75, 3.05) is 6.61 Å². The summed E-state index contributed by atoms with van der Waals surface area (Å²) < 4.78 is 4.63. The summed E-state index contributed by atoms with van der Waals surface area (Å²) in [6.45, 7) is 1.83. The van der Waals surface area contributed by atoms with Crippen LogP contribution >= 0.6 is 0 Å². The molecule has 0 aliphatic heterocycles. The van der Waals surface area contributed by atoms with Crippen molar-refractivity contribution in [3.63, 3.8) is 0 Å². The van der Waals surface area contributed by atoms with E-state index in [1.54, 1.807) is 6.92 Å². The Labute approximate surface area is 93.0 Å². The average Bonchev–Trinajstić information content (AvgIpc) is 2.99. The Bertz CT molecular complexity index is 298. The summed E-state index contributed by atoms with van der Waals surface area (Å²) in [7, 11) is 0. The zero-order valence-electron chi connectivity index (χ0n) is 9.06. The Morgan fingerprint density at radius 2 is 2.06 bits per heavy atom. The van der Waals surface area contributed by atoms with Crippen LogP contribution in [0.5, 0.6) is 0 Å². The van der Waals surface area contributed by atoms with Crippen LogP contribution in [0.25, 0.3) is 0 Å². The predicted molar refractivity (Wildman–Crippen MR) is 53.5 cm³/mol. The van der Waals surface area contributed by atoms with Crippen molar-refractivity contribution in [3.8, 4) is 0 Å². The number of hydrogen-bond acceptors (Lipinski definition) is 4. The molecule has 6 heteroatoms. The van der Waals surface area contributed by atoms with Crippen molar-refractivity contribution < 1.29 is 24.2 Å². The van der Waals surface area contributed by atoms with Gasteiger partial charge in [-0.3, -0.25) is 9.59 Å². The number of aliphatic carboxylic acids is 1. The van der Waals surface area contributed by atoms with Crippen molar-refractivity contribution in [3.05, 3.63) is 0 Å². The third kappa shape index (κ3) is 3.88. The highest BCUT2D eigenvalue weighted by atomic mass is 16.5. The number of carbonyl (C=O) groups excluding carboxylic acids is 2. The molecular weight excluding hydrogens is 214 g/mol. The number of hydrogen-bond donors (Lipinski definition) is 2. The van der Waals surface area contributed by atoms with Gasteiger partial charge < -0.3 is 15.2 Å². The van der Waals surface area contributed by atoms with E-state index in [0.717, 1.165) is 12.8 Å². The molecule has 0 radical (unpaired) electrons. The summed E-state index contributed by atoms with van der Waals surface area (Å²) in [6, 6.07) is -1.19. The van der Waals surface area contributed by atoms with E-state index in [2.05, 4.69) is 10.1 Å². The lowest BCUT2D eigenvalue weighted by Gasteiger charge is -2.13. The minimum Gasteiger partial charge on any atom is -0.480 e. The highest BCUT2D eigenvalue weighted by Gasteiger charge is 2.33. The fourth-order valence-corrected chi connectivity index (χ4v) is 1.22. The van der Waals surface area contributed by atoms with E-state index < -0.39 is 18.0 Å². The van der Waals surface area contributed by atoms with Crippen LogP contribution in [-0.4, -0.2) is 35.6 Å². The summed E-state index contributed by atoms with van der Waals surface area (Å²) in [5.74, 6) is -2.21. The predicted octanol–water partition coefficient (Wildman–Crippen LogP) is -0.0810. The Kier molecular flexibility index (Phi) is 4.28. The van der Waals surface area contributed by atoms with E-state index in [0.29, 0.717) is 0 Å². The SMILES string of the molecule is CCOC(=O)C[C@H](NC(=O)C1CC1)C(=O)O. The molecule has 0 spiro atoms. The van der Waals surface area contributed by atoms with E-state index in [1.807, 2.05) is 0 Å². The van der Waals surface area contributed by atoms with Crippen LogP contribution in [0.3, 0.4) is 0 Å². The Morgan fingerprint density at radius 1 is 1.44 bits per heavy atom. The van der Waals surface area contributed by atoms with Crippen LogP contribution < -0.4 is 5.32 Å². The lowest BCUT2D eigenvalue weighted by Crippen LogP contribution is -2.43. The molecule has 1 saturated carbocycles. The van der Waals surface area contributed by atoms with Gasteiger partial charge in [-0.2, -0.15) is 0 Å². The average molecular weight is 229 g/mol. The quantitative estimate of drug-likeness (QED) is 0.621. The normalized spacial score (nSPS) is 16.3. The largest absolute Gasteiger partial charge is 0.480 e.